The minimum absolute atomic E-state index is 0.545. The van der Waals surface area contributed by atoms with Gasteiger partial charge in [0, 0.05) is 6.42 Å². The number of benzene rings is 1. The fraction of sp³-hybridized carbons (Fsp3) is 0.467. The molecule has 4 heteroatoms. The summed E-state index contributed by atoms with van der Waals surface area (Å²) in [4.78, 5) is 4.48. The van der Waals surface area contributed by atoms with Crippen LogP contribution in [-0.4, -0.2) is 21.3 Å². The minimum atomic E-state index is 0.545. The van der Waals surface area contributed by atoms with Crippen molar-refractivity contribution in [3.8, 4) is 5.69 Å². The molecule has 1 heterocycles. The van der Waals surface area contributed by atoms with Gasteiger partial charge in [-0.3, -0.25) is 0 Å². The molecule has 0 fully saturated rings. The van der Waals surface area contributed by atoms with Gasteiger partial charge in [0.25, 0.3) is 0 Å². The zero-order chi connectivity index (χ0) is 13.8. The van der Waals surface area contributed by atoms with Crippen LogP contribution in [0.2, 0.25) is 0 Å². The molecule has 0 saturated carbocycles. The highest BCUT2D eigenvalue weighted by atomic mass is 15.3. The Morgan fingerprint density at radius 2 is 1.89 bits per heavy atom. The van der Waals surface area contributed by atoms with Crippen LogP contribution in [0, 0.1) is 6.92 Å². The summed E-state index contributed by atoms with van der Waals surface area (Å²) in [7, 11) is 0. The van der Waals surface area contributed by atoms with Gasteiger partial charge in [-0.15, -0.1) is 0 Å². The number of aromatic nitrogens is 3. The molecule has 2 rings (SSSR count). The third-order valence-corrected chi connectivity index (χ3v) is 3.19. The summed E-state index contributed by atoms with van der Waals surface area (Å²) in [5.74, 6) is 2.34. The molecule has 0 bridgehead atoms. The van der Waals surface area contributed by atoms with E-state index in [1.807, 2.05) is 11.6 Å². The molecule has 1 aromatic carbocycles. The number of nitrogens with two attached hydrogens (primary N) is 1. The van der Waals surface area contributed by atoms with Crippen molar-refractivity contribution in [2.45, 2.75) is 39.5 Å². The number of nitrogens with zero attached hydrogens (tertiary/aromatic N) is 3. The van der Waals surface area contributed by atoms with Gasteiger partial charge in [0.1, 0.15) is 11.6 Å². The second-order valence-corrected chi connectivity index (χ2v) is 5.13. The summed E-state index contributed by atoms with van der Waals surface area (Å²) >= 11 is 0. The van der Waals surface area contributed by atoms with Crippen LogP contribution in [0.4, 0.5) is 0 Å². The number of hydrogen-bond donors (Lipinski definition) is 1. The SMILES string of the molecule is Cc1nc(CCCN)n(-c2ccc(C(C)C)cc2)n1. The fourth-order valence-corrected chi connectivity index (χ4v) is 2.09. The van der Waals surface area contributed by atoms with Gasteiger partial charge < -0.3 is 5.73 Å². The molecule has 0 saturated heterocycles. The van der Waals surface area contributed by atoms with E-state index in [4.69, 9.17) is 5.73 Å². The second kappa shape index (κ2) is 5.97. The Kier molecular flexibility index (Phi) is 4.32. The first kappa shape index (κ1) is 13.7. The Bertz CT molecular complexity index is 526. The molecule has 2 aromatic rings. The molecule has 0 atom stereocenters. The lowest BCUT2D eigenvalue weighted by Gasteiger charge is -2.08. The predicted molar refractivity (Wildman–Crippen MR) is 77.6 cm³/mol. The van der Waals surface area contributed by atoms with Crippen molar-refractivity contribution in [2.75, 3.05) is 6.54 Å². The highest BCUT2D eigenvalue weighted by molar-refractivity contribution is 5.35. The predicted octanol–water partition coefficient (Wildman–Crippen LogP) is 2.59. The monoisotopic (exact) mass is 258 g/mol. The molecule has 0 radical (unpaired) electrons. The smallest absolute Gasteiger partial charge is 0.148 e. The molecular weight excluding hydrogens is 236 g/mol. The molecule has 19 heavy (non-hydrogen) atoms. The summed E-state index contributed by atoms with van der Waals surface area (Å²) in [5, 5.41) is 4.47. The van der Waals surface area contributed by atoms with Gasteiger partial charge in [0.15, 0.2) is 0 Å². The van der Waals surface area contributed by atoms with E-state index in [2.05, 4.69) is 48.2 Å². The first-order valence-corrected chi connectivity index (χ1v) is 6.84. The van der Waals surface area contributed by atoms with E-state index in [0.717, 1.165) is 30.2 Å². The van der Waals surface area contributed by atoms with Crippen molar-refractivity contribution in [3.05, 3.63) is 41.5 Å². The van der Waals surface area contributed by atoms with Crippen molar-refractivity contribution >= 4 is 0 Å². The summed E-state index contributed by atoms with van der Waals surface area (Å²) in [5.41, 5.74) is 7.97. The van der Waals surface area contributed by atoms with E-state index in [1.165, 1.54) is 5.56 Å². The van der Waals surface area contributed by atoms with Crippen molar-refractivity contribution in [1.29, 1.82) is 0 Å². The van der Waals surface area contributed by atoms with Crippen LogP contribution in [0.1, 0.15) is 43.4 Å². The first-order chi connectivity index (χ1) is 9.11. The van der Waals surface area contributed by atoms with Gasteiger partial charge >= 0.3 is 0 Å². The lowest BCUT2D eigenvalue weighted by atomic mass is 10.0. The Balaban J connectivity index is 2.30. The Hall–Kier alpha value is -1.68. The summed E-state index contributed by atoms with van der Waals surface area (Å²) in [6, 6.07) is 8.53. The molecule has 0 aliphatic heterocycles. The molecule has 102 valence electrons. The molecule has 1 aromatic heterocycles. The molecule has 4 nitrogen and oxygen atoms in total. The zero-order valence-electron chi connectivity index (χ0n) is 11.9. The summed E-state index contributed by atoms with van der Waals surface area (Å²) in [6.07, 6.45) is 1.80. The molecule has 0 spiro atoms. The first-order valence-electron chi connectivity index (χ1n) is 6.84. The topological polar surface area (TPSA) is 56.7 Å². The van der Waals surface area contributed by atoms with E-state index in [9.17, 15) is 0 Å². The third kappa shape index (κ3) is 3.20. The fourth-order valence-electron chi connectivity index (χ4n) is 2.09. The Morgan fingerprint density at radius 3 is 2.47 bits per heavy atom. The Labute approximate surface area is 114 Å². The maximum Gasteiger partial charge on any atom is 0.148 e. The average molecular weight is 258 g/mol. The molecule has 0 aliphatic carbocycles. The van der Waals surface area contributed by atoms with Gasteiger partial charge in [0.05, 0.1) is 5.69 Å². The standard InChI is InChI=1S/C15H22N4/c1-11(2)13-6-8-14(9-7-13)19-15(5-4-10-16)17-12(3)18-19/h6-9,11H,4-5,10,16H2,1-3H3. The lowest BCUT2D eigenvalue weighted by molar-refractivity contribution is 0.731. The van der Waals surface area contributed by atoms with Crippen LogP contribution in [-0.2, 0) is 6.42 Å². The van der Waals surface area contributed by atoms with Crippen molar-refractivity contribution in [2.24, 2.45) is 5.73 Å². The van der Waals surface area contributed by atoms with E-state index < -0.39 is 0 Å². The average Bonchev–Trinajstić information content (AvgIpc) is 2.77. The van der Waals surface area contributed by atoms with E-state index in [1.54, 1.807) is 0 Å². The molecular formula is C15H22N4. The summed E-state index contributed by atoms with van der Waals surface area (Å²) in [6.45, 7) is 6.99. The van der Waals surface area contributed by atoms with Crippen molar-refractivity contribution in [3.63, 3.8) is 0 Å². The van der Waals surface area contributed by atoms with Crippen LogP contribution in [0.25, 0.3) is 5.69 Å². The van der Waals surface area contributed by atoms with Crippen LogP contribution < -0.4 is 5.73 Å². The van der Waals surface area contributed by atoms with Crippen molar-refractivity contribution < 1.29 is 0 Å². The third-order valence-electron chi connectivity index (χ3n) is 3.19. The van der Waals surface area contributed by atoms with Crippen molar-refractivity contribution in [1.82, 2.24) is 14.8 Å². The van der Waals surface area contributed by atoms with Crippen LogP contribution in [0.15, 0.2) is 24.3 Å². The Morgan fingerprint density at radius 1 is 1.21 bits per heavy atom. The van der Waals surface area contributed by atoms with Crippen LogP contribution in [0.3, 0.4) is 0 Å². The number of aryl methyl sites for hydroxylation is 2. The molecule has 0 unspecified atom stereocenters. The van der Waals surface area contributed by atoms with Gasteiger partial charge in [-0.2, -0.15) is 5.10 Å². The second-order valence-electron chi connectivity index (χ2n) is 5.13. The number of hydrogen-bond acceptors (Lipinski definition) is 3. The quantitative estimate of drug-likeness (QED) is 0.896. The molecule has 0 amide bonds. The maximum absolute atomic E-state index is 5.57. The maximum atomic E-state index is 5.57. The van der Waals surface area contributed by atoms with Gasteiger partial charge in [-0.25, -0.2) is 9.67 Å². The van der Waals surface area contributed by atoms with E-state index >= 15 is 0 Å². The van der Waals surface area contributed by atoms with Crippen LogP contribution >= 0.6 is 0 Å². The molecule has 2 N–H and O–H groups in total. The summed E-state index contributed by atoms with van der Waals surface area (Å²) < 4.78 is 1.93. The normalized spacial score (nSPS) is 11.2. The van der Waals surface area contributed by atoms with Gasteiger partial charge in [0.2, 0.25) is 0 Å². The van der Waals surface area contributed by atoms with E-state index in [0.29, 0.717) is 12.5 Å². The number of rotatable bonds is 5. The zero-order valence-corrected chi connectivity index (χ0v) is 11.9. The van der Waals surface area contributed by atoms with E-state index in [-0.39, 0.29) is 0 Å². The van der Waals surface area contributed by atoms with Gasteiger partial charge in [-0.05, 0) is 43.5 Å². The highest BCUT2D eigenvalue weighted by Gasteiger charge is 2.09. The molecule has 0 aliphatic rings. The highest BCUT2D eigenvalue weighted by Crippen LogP contribution is 2.17. The largest absolute Gasteiger partial charge is 0.330 e. The van der Waals surface area contributed by atoms with Gasteiger partial charge in [-0.1, -0.05) is 26.0 Å². The minimum Gasteiger partial charge on any atom is -0.330 e. The lowest BCUT2D eigenvalue weighted by Crippen LogP contribution is -2.07. The van der Waals surface area contributed by atoms with Crippen LogP contribution in [0.5, 0.6) is 0 Å².